The van der Waals surface area contributed by atoms with Gasteiger partial charge in [-0.25, -0.2) is 0 Å². The van der Waals surface area contributed by atoms with Crippen molar-refractivity contribution in [2.45, 2.75) is 12.3 Å². The van der Waals surface area contributed by atoms with Gasteiger partial charge >= 0.3 is 6.18 Å². The van der Waals surface area contributed by atoms with Crippen LogP contribution in [0.5, 0.6) is 0 Å². The number of halogens is 4. The molecule has 0 aromatic heterocycles. The maximum atomic E-state index is 12.4. The summed E-state index contributed by atoms with van der Waals surface area (Å²) >= 11 is 2.95. The van der Waals surface area contributed by atoms with Gasteiger partial charge in [0, 0.05) is 11.0 Å². The van der Waals surface area contributed by atoms with Crippen molar-refractivity contribution in [1.82, 2.24) is 0 Å². The Morgan fingerprint density at radius 2 is 1.93 bits per heavy atom. The average Bonchev–Trinajstić information content (AvgIpc) is 2.14. The lowest BCUT2D eigenvalue weighted by atomic mass is 10.1. The van der Waals surface area contributed by atoms with E-state index in [0.29, 0.717) is 0 Å². The van der Waals surface area contributed by atoms with Gasteiger partial charge in [-0.1, -0.05) is 15.9 Å². The molecule has 0 spiro atoms. The van der Waals surface area contributed by atoms with E-state index in [9.17, 15) is 18.3 Å². The molecule has 0 fully saturated rings. The number of aliphatic hydroxyl groups excluding tert-OH is 1. The lowest BCUT2D eigenvalue weighted by Gasteiger charge is -2.13. The van der Waals surface area contributed by atoms with Gasteiger partial charge in [0.05, 0.1) is 11.7 Å². The van der Waals surface area contributed by atoms with Gasteiger partial charge in [0.15, 0.2) is 0 Å². The highest BCUT2D eigenvalue weighted by Gasteiger charge is 2.31. The molecule has 0 saturated heterocycles. The van der Waals surface area contributed by atoms with Crippen LogP contribution in [-0.4, -0.2) is 11.7 Å². The summed E-state index contributed by atoms with van der Waals surface area (Å²) in [4.78, 5) is 0. The van der Waals surface area contributed by atoms with E-state index in [2.05, 4.69) is 15.9 Å². The molecule has 1 rings (SSSR count). The highest BCUT2D eigenvalue weighted by molar-refractivity contribution is 9.10. The fraction of sp³-hybridized carbons (Fsp3) is 0.333. The number of nitrogens with two attached hydrogens (primary N) is 1. The summed E-state index contributed by atoms with van der Waals surface area (Å²) in [6.07, 6.45) is -5.50. The maximum Gasteiger partial charge on any atom is 0.416 e. The highest BCUT2D eigenvalue weighted by Crippen LogP contribution is 2.33. The summed E-state index contributed by atoms with van der Waals surface area (Å²) in [5, 5.41) is 9.33. The molecule has 0 aliphatic carbocycles. The quantitative estimate of drug-likeness (QED) is 0.876. The van der Waals surface area contributed by atoms with Gasteiger partial charge in [0.1, 0.15) is 0 Å². The van der Waals surface area contributed by atoms with E-state index in [4.69, 9.17) is 5.73 Å². The molecule has 0 bridgehead atoms. The number of aliphatic hydroxyl groups is 1. The molecule has 15 heavy (non-hydrogen) atoms. The van der Waals surface area contributed by atoms with Gasteiger partial charge < -0.3 is 10.8 Å². The van der Waals surface area contributed by atoms with Crippen molar-refractivity contribution in [3.05, 3.63) is 33.8 Å². The summed E-state index contributed by atoms with van der Waals surface area (Å²) < 4.78 is 37.4. The minimum Gasteiger partial charge on any atom is -0.387 e. The second-order valence-electron chi connectivity index (χ2n) is 3.02. The number of hydrogen-bond acceptors (Lipinski definition) is 2. The van der Waals surface area contributed by atoms with Gasteiger partial charge in [-0.2, -0.15) is 13.2 Å². The molecule has 1 atom stereocenters. The first-order valence-electron chi connectivity index (χ1n) is 4.10. The molecule has 0 amide bonds. The summed E-state index contributed by atoms with van der Waals surface area (Å²) in [5.74, 6) is 0. The van der Waals surface area contributed by atoms with Crippen molar-refractivity contribution < 1.29 is 18.3 Å². The van der Waals surface area contributed by atoms with Crippen LogP contribution < -0.4 is 5.73 Å². The minimum absolute atomic E-state index is 0.117. The van der Waals surface area contributed by atoms with Gasteiger partial charge in [0.2, 0.25) is 0 Å². The zero-order chi connectivity index (χ0) is 11.6. The summed E-state index contributed by atoms with van der Waals surface area (Å²) in [6.45, 7) is -0.117. The highest BCUT2D eigenvalue weighted by atomic mass is 79.9. The van der Waals surface area contributed by atoms with Crippen LogP contribution in [0.4, 0.5) is 13.2 Å². The molecule has 6 heteroatoms. The smallest absolute Gasteiger partial charge is 0.387 e. The van der Waals surface area contributed by atoms with Crippen LogP contribution in [0.1, 0.15) is 17.2 Å². The van der Waals surface area contributed by atoms with E-state index in [1.807, 2.05) is 0 Å². The van der Waals surface area contributed by atoms with Gasteiger partial charge in [0.25, 0.3) is 0 Å². The monoisotopic (exact) mass is 283 g/mol. The van der Waals surface area contributed by atoms with Crippen molar-refractivity contribution in [1.29, 1.82) is 0 Å². The van der Waals surface area contributed by atoms with Crippen LogP contribution in [0.2, 0.25) is 0 Å². The molecule has 0 aliphatic rings. The average molecular weight is 284 g/mol. The molecule has 0 heterocycles. The van der Waals surface area contributed by atoms with E-state index >= 15 is 0 Å². The predicted octanol–water partition coefficient (Wildman–Crippen LogP) is 2.46. The molecular weight excluding hydrogens is 275 g/mol. The second-order valence-corrected chi connectivity index (χ2v) is 3.94. The maximum absolute atomic E-state index is 12.4. The van der Waals surface area contributed by atoms with Gasteiger partial charge in [-0.05, 0) is 23.8 Å². The van der Waals surface area contributed by atoms with Gasteiger partial charge in [-0.3, -0.25) is 0 Å². The van der Waals surface area contributed by atoms with E-state index < -0.39 is 17.8 Å². The minimum atomic E-state index is -4.42. The fourth-order valence-corrected chi connectivity index (χ4v) is 1.62. The Morgan fingerprint density at radius 3 is 2.40 bits per heavy atom. The normalized spacial score (nSPS) is 14.0. The Kier molecular flexibility index (Phi) is 3.75. The molecule has 0 radical (unpaired) electrons. The topological polar surface area (TPSA) is 46.2 Å². The van der Waals surface area contributed by atoms with E-state index in [0.717, 1.165) is 12.1 Å². The second kappa shape index (κ2) is 4.51. The third kappa shape index (κ3) is 3.19. The Balaban J connectivity index is 3.17. The lowest BCUT2D eigenvalue weighted by Crippen LogP contribution is -2.13. The molecule has 0 unspecified atom stereocenters. The third-order valence-corrected chi connectivity index (χ3v) is 2.31. The Labute approximate surface area is 93.0 Å². The van der Waals surface area contributed by atoms with Crippen molar-refractivity contribution in [3.63, 3.8) is 0 Å². The van der Waals surface area contributed by atoms with Crippen LogP contribution in [0.15, 0.2) is 22.7 Å². The van der Waals surface area contributed by atoms with E-state index in [1.165, 1.54) is 6.07 Å². The van der Waals surface area contributed by atoms with Crippen LogP contribution in [0, 0.1) is 0 Å². The molecule has 0 saturated carbocycles. The van der Waals surface area contributed by atoms with Crippen molar-refractivity contribution in [2.75, 3.05) is 6.54 Å². The van der Waals surface area contributed by atoms with Crippen LogP contribution in [0.3, 0.4) is 0 Å². The predicted molar refractivity (Wildman–Crippen MR) is 53.2 cm³/mol. The largest absolute Gasteiger partial charge is 0.416 e. The summed E-state index contributed by atoms with van der Waals surface area (Å²) in [7, 11) is 0. The third-order valence-electron chi connectivity index (χ3n) is 1.86. The number of rotatable bonds is 2. The van der Waals surface area contributed by atoms with Crippen molar-refractivity contribution in [3.8, 4) is 0 Å². The fourth-order valence-electron chi connectivity index (χ4n) is 1.10. The number of hydrogen-bond donors (Lipinski definition) is 2. The number of alkyl halides is 3. The first kappa shape index (κ1) is 12.5. The SMILES string of the molecule is NC[C@@H](O)c1cc(Br)cc(C(F)(F)F)c1. The first-order valence-corrected chi connectivity index (χ1v) is 4.89. The van der Waals surface area contributed by atoms with E-state index in [1.54, 1.807) is 0 Å². The molecular formula is C9H9BrF3NO. The lowest BCUT2D eigenvalue weighted by molar-refractivity contribution is -0.137. The zero-order valence-electron chi connectivity index (χ0n) is 7.55. The molecule has 84 valence electrons. The Morgan fingerprint density at radius 1 is 1.33 bits per heavy atom. The van der Waals surface area contributed by atoms with Crippen LogP contribution in [0.25, 0.3) is 0 Å². The van der Waals surface area contributed by atoms with Gasteiger partial charge in [-0.15, -0.1) is 0 Å². The van der Waals surface area contributed by atoms with Crippen LogP contribution in [-0.2, 0) is 6.18 Å². The molecule has 3 N–H and O–H groups in total. The standard InChI is InChI=1S/C9H9BrF3NO/c10-7-2-5(8(15)4-14)1-6(3-7)9(11,12)13/h1-3,8,15H,4,14H2/t8-/m1/s1. The number of benzene rings is 1. The molecule has 2 nitrogen and oxygen atoms in total. The van der Waals surface area contributed by atoms with E-state index in [-0.39, 0.29) is 16.6 Å². The molecule has 1 aromatic rings. The molecule has 1 aromatic carbocycles. The summed E-state index contributed by atoms with van der Waals surface area (Å²) in [5.41, 5.74) is 4.51. The first-order chi connectivity index (χ1) is 6.84. The summed E-state index contributed by atoms with van der Waals surface area (Å²) in [6, 6.07) is 3.25. The molecule has 0 aliphatic heterocycles. The Hall–Kier alpha value is -0.590. The van der Waals surface area contributed by atoms with Crippen LogP contribution >= 0.6 is 15.9 Å². The van der Waals surface area contributed by atoms with Crippen molar-refractivity contribution in [2.24, 2.45) is 5.73 Å². The van der Waals surface area contributed by atoms with Crippen molar-refractivity contribution >= 4 is 15.9 Å². The Bertz CT molecular complexity index is 354. The zero-order valence-corrected chi connectivity index (χ0v) is 9.14.